The van der Waals surface area contributed by atoms with Crippen LogP contribution in [0.4, 0.5) is 0 Å². The third-order valence-electron chi connectivity index (χ3n) is 5.88. The van der Waals surface area contributed by atoms with Gasteiger partial charge < -0.3 is 10.2 Å². The van der Waals surface area contributed by atoms with E-state index in [9.17, 15) is 8.42 Å². The molecule has 1 aromatic carbocycles. The maximum atomic E-state index is 12.3. The van der Waals surface area contributed by atoms with Crippen molar-refractivity contribution in [2.24, 2.45) is 4.99 Å². The predicted molar refractivity (Wildman–Crippen MR) is 110 cm³/mol. The van der Waals surface area contributed by atoms with Crippen LogP contribution in [0.3, 0.4) is 0 Å². The molecule has 0 unspecified atom stereocenters. The van der Waals surface area contributed by atoms with Gasteiger partial charge in [-0.15, -0.1) is 0 Å². The van der Waals surface area contributed by atoms with Crippen LogP contribution in [0, 0.1) is 0 Å². The Balaban J connectivity index is 2.15. The summed E-state index contributed by atoms with van der Waals surface area (Å²) in [5.41, 5.74) is 1.36. The van der Waals surface area contributed by atoms with Crippen LogP contribution in [0.5, 0.6) is 0 Å². The average molecular weight is 380 g/mol. The highest BCUT2D eigenvalue weighted by Gasteiger charge is 2.41. The standard InChI is InChI=1S/C20H33N3O2S/c1-6-20(7-2,17-11-9-8-10-12-17)15-22-18(21-5)23-13-14-26(24,25)19(3,4)16-23/h8-12H,6-7,13-16H2,1-5H3,(H,21,22). The third kappa shape index (κ3) is 4.05. The lowest BCUT2D eigenvalue weighted by molar-refractivity contribution is 0.338. The third-order valence-corrected chi connectivity index (χ3v) is 8.41. The van der Waals surface area contributed by atoms with Crippen molar-refractivity contribution < 1.29 is 8.42 Å². The van der Waals surface area contributed by atoms with E-state index in [1.165, 1.54) is 5.56 Å². The van der Waals surface area contributed by atoms with Crippen LogP contribution in [0.2, 0.25) is 0 Å². The lowest BCUT2D eigenvalue weighted by atomic mass is 9.76. The SMILES string of the molecule is CCC(CC)(CNC(=NC)N1CCS(=O)(=O)C(C)(C)C1)c1ccccc1. The second-order valence-electron chi connectivity index (χ2n) is 7.75. The zero-order valence-corrected chi connectivity index (χ0v) is 17.6. The van der Waals surface area contributed by atoms with Crippen molar-refractivity contribution in [3.63, 3.8) is 0 Å². The molecule has 0 aromatic heterocycles. The smallest absolute Gasteiger partial charge is 0.193 e. The lowest BCUT2D eigenvalue weighted by Gasteiger charge is -2.40. The number of aliphatic imine (C=N–C) groups is 1. The first kappa shape index (κ1) is 20.7. The van der Waals surface area contributed by atoms with E-state index in [2.05, 4.69) is 53.3 Å². The molecule has 1 saturated heterocycles. The van der Waals surface area contributed by atoms with E-state index in [0.717, 1.165) is 25.3 Å². The summed E-state index contributed by atoms with van der Waals surface area (Å²) >= 11 is 0. The lowest BCUT2D eigenvalue weighted by Crippen LogP contribution is -2.58. The maximum absolute atomic E-state index is 12.3. The van der Waals surface area contributed by atoms with Gasteiger partial charge >= 0.3 is 0 Å². The van der Waals surface area contributed by atoms with Crippen LogP contribution < -0.4 is 5.32 Å². The minimum absolute atomic E-state index is 0.0363. The number of sulfone groups is 1. The van der Waals surface area contributed by atoms with Gasteiger partial charge in [0.15, 0.2) is 15.8 Å². The molecule has 0 spiro atoms. The van der Waals surface area contributed by atoms with Gasteiger partial charge in [0, 0.05) is 32.1 Å². The number of nitrogens with one attached hydrogen (secondary N) is 1. The van der Waals surface area contributed by atoms with Gasteiger partial charge in [-0.25, -0.2) is 8.42 Å². The molecule has 1 heterocycles. The number of hydrogen-bond acceptors (Lipinski definition) is 3. The number of guanidine groups is 1. The van der Waals surface area contributed by atoms with E-state index in [1.54, 1.807) is 20.9 Å². The Kier molecular flexibility index (Phi) is 6.37. The van der Waals surface area contributed by atoms with Crippen LogP contribution in [0.1, 0.15) is 46.1 Å². The molecule has 0 saturated carbocycles. The van der Waals surface area contributed by atoms with Crippen molar-refractivity contribution in [2.75, 3.05) is 32.4 Å². The molecule has 6 heteroatoms. The van der Waals surface area contributed by atoms with Crippen molar-refractivity contribution >= 4 is 15.8 Å². The quantitative estimate of drug-likeness (QED) is 0.631. The van der Waals surface area contributed by atoms with E-state index >= 15 is 0 Å². The molecule has 1 fully saturated rings. The van der Waals surface area contributed by atoms with Gasteiger partial charge in [-0.3, -0.25) is 4.99 Å². The molecule has 1 aromatic rings. The Morgan fingerprint density at radius 2 is 1.85 bits per heavy atom. The monoisotopic (exact) mass is 379 g/mol. The van der Waals surface area contributed by atoms with Gasteiger partial charge in [-0.1, -0.05) is 44.2 Å². The fourth-order valence-corrected chi connectivity index (χ4v) is 5.07. The van der Waals surface area contributed by atoms with E-state index in [4.69, 9.17) is 0 Å². The van der Waals surface area contributed by atoms with Crippen LogP contribution >= 0.6 is 0 Å². The normalized spacial score (nSPS) is 20.0. The summed E-state index contributed by atoms with van der Waals surface area (Å²) < 4.78 is 23.8. The Bertz CT molecular complexity index is 723. The average Bonchev–Trinajstić information content (AvgIpc) is 2.63. The maximum Gasteiger partial charge on any atom is 0.193 e. The van der Waals surface area contributed by atoms with E-state index < -0.39 is 14.6 Å². The molecule has 0 amide bonds. The highest BCUT2D eigenvalue weighted by Crippen LogP contribution is 2.31. The molecule has 26 heavy (non-hydrogen) atoms. The van der Waals surface area contributed by atoms with Gasteiger partial charge in [-0.2, -0.15) is 0 Å². The number of nitrogens with zero attached hydrogens (tertiary/aromatic N) is 2. The van der Waals surface area contributed by atoms with Crippen LogP contribution in [0.25, 0.3) is 0 Å². The summed E-state index contributed by atoms with van der Waals surface area (Å²) in [4.78, 5) is 6.50. The molecule has 0 atom stereocenters. The number of hydrogen-bond donors (Lipinski definition) is 1. The van der Waals surface area contributed by atoms with E-state index in [-0.39, 0.29) is 11.2 Å². The van der Waals surface area contributed by atoms with Crippen molar-refractivity contribution in [3.8, 4) is 0 Å². The van der Waals surface area contributed by atoms with Gasteiger partial charge in [0.25, 0.3) is 0 Å². The summed E-state index contributed by atoms with van der Waals surface area (Å²) in [7, 11) is -1.29. The predicted octanol–water partition coefficient (Wildman–Crippen LogP) is 2.83. The molecule has 1 N–H and O–H groups in total. The zero-order valence-electron chi connectivity index (χ0n) is 16.7. The first-order chi connectivity index (χ1) is 12.2. The fraction of sp³-hybridized carbons (Fsp3) is 0.650. The molecule has 1 aliphatic heterocycles. The van der Waals surface area contributed by atoms with Crippen LogP contribution in [-0.2, 0) is 15.3 Å². The molecule has 0 aliphatic carbocycles. The first-order valence-electron chi connectivity index (χ1n) is 9.45. The summed E-state index contributed by atoms with van der Waals surface area (Å²) in [5.74, 6) is 0.960. The fourth-order valence-electron chi connectivity index (χ4n) is 3.71. The van der Waals surface area contributed by atoms with Gasteiger partial charge in [0.2, 0.25) is 0 Å². The van der Waals surface area contributed by atoms with Gasteiger partial charge in [0.1, 0.15) is 0 Å². The summed E-state index contributed by atoms with van der Waals surface area (Å²) in [6, 6.07) is 10.6. The zero-order chi connectivity index (χ0) is 19.4. The van der Waals surface area contributed by atoms with E-state index in [1.807, 2.05) is 6.07 Å². The van der Waals surface area contributed by atoms with Crippen molar-refractivity contribution in [3.05, 3.63) is 35.9 Å². The highest BCUT2D eigenvalue weighted by atomic mass is 32.2. The Hall–Kier alpha value is -1.56. The molecule has 0 bridgehead atoms. The molecular weight excluding hydrogens is 346 g/mol. The van der Waals surface area contributed by atoms with Crippen molar-refractivity contribution in [1.29, 1.82) is 0 Å². The molecular formula is C20H33N3O2S. The van der Waals surface area contributed by atoms with Gasteiger partial charge in [0.05, 0.1) is 10.5 Å². The Morgan fingerprint density at radius 3 is 2.35 bits per heavy atom. The minimum atomic E-state index is -3.06. The second-order valence-corrected chi connectivity index (χ2v) is 10.5. The van der Waals surface area contributed by atoms with Gasteiger partial charge in [-0.05, 0) is 32.3 Å². The number of rotatable bonds is 5. The highest BCUT2D eigenvalue weighted by molar-refractivity contribution is 7.92. The first-order valence-corrected chi connectivity index (χ1v) is 11.1. The summed E-state index contributed by atoms with van der Waals surface area (Å²) in [6.07, 6.45) is 2.05. The molecule has 5 nitrogen and oxygen atoms in total. The van der Waals surface area contributed by atoms with Crippen molar-refractivity contribution in [2.45, 2.75) is 50.7 Å². The van der Waals surface area contributed by atoms with E-state index in [0.29, 0.717) is 13.1 Å². The van der Waals surface area contributed by atoms with Crippen molar-refractivity contribution in [1.82, 2.24) is 10.2 Å². The Labute approximate surface area is 158 Å². The summed E-state index contributed by atoms with van der Waals surface area (Å²) in [6.45, 7) is 9.77. The topological polar surface area (TPSA) is 61.8 Å². The molecule has 2 rings (SSSR count). The minimum Gasteiger partial charge on any atom is -0.355 e. The molecule has 1 aliphatic rings. The van der Waals surface area contributed by atoms with Crippen LogP contribution in [0.15, 0.2) is 35.3 Å². The largest absolute Gasteiger partial charge is 0.355 e. The number of benzene rings is 1. The summed E-state index contributed by atoms with van der Waals surface area (Å²) in [5, 5.41) is 3.53. The van der Waals surface area contributed by atoms with Crippen LogP contribution in [-0.4, -0.2) is 56.5 Å². The Morgan fingerprint density at radius 1 is 1.23 bits per heavy atom. The molecule has 146 valence electrons. The molecule has 0 radical (unpaired) electrons. The second kappa shape index (κ2) is 7.99.